The van der Waals surface area contributed by atoms with E-state index in [0.717, 1.165) is 19.4 Å². The van der Waals surface area contributed by atoms with Gasteiger partial charge < -0.3 is 25.0 Å². The zero-order chi connectivity index (χ0) is 17.3. The largest absolute Gasteiger partial charge is 0.444 e. The van der Waals surface area contributed by atoms with Gasteiger partial charge in [0.2, 0.25) is 0 Å². The molecular weight excluding hydrogens is 308 g/mol. The zero-order valence-electron chi connectivity index (χ0n) is 15.0. The Morgan fingerprint density at radius 3 is 2.50 bits per heavy atom. The third-order valence-electron chi connectivity index (χ3n) is 5.01. The summed E-state index contributed by atoms with van der Waals surface area (Å²) in [5.74, 6) is 1.15. The molecular formula is C17H30N4O3. The van der Waals surface area contributed by atoms with E-state index in [2.05, 4.69) is 4.90 Å². The molecule has 3 fully saturated rings. The molecule has 2 saturated heterocycles. The van der Waals surface area contributed by atoms with E-state index in [1.54, 1.807) is 4.90 Å². The van der Waals surface area contributed by atoms with E-state index in [-0.39, 0.29) is 6.09 Å². The van der Waals surface area contributed by atoms with Gasteiger partial charge in [-0.25, -0.2) is 9.79 Å². The molecule has 1 saturated carbocycles. The first-order valence-electron chi connectivity index (χ1n) is 9.01. The Balaban J connectivity index is 1.47. The maximum absolute atomic E-state index is 12.1. The van der Waals surface area contributed by atoms with Crippen LogP contribution in [0.4, 0.5) is 4.79 Å². The number of carbonyl (C=O) groups is 1. The van der Waals surface area contributed by atoms with Crippen molar-refractivity contribution in [3.8, 4) is 0 Å². The predicted molar refractivity (Wildman–Crippen MR) is 91.9 cm³/mol. The Morgan fingerprint density at radius 1 is 1.21 bits per heavy atom. The van der Waals surface area contributed by atoms with Gasteiger partial charge >= 0.3 is 6.09 Å². The Hall–Kier alpha value is -1.50. The van der Waals surface area contributed by atoms with Crippen LogP contribution in [0, 0.1) is 5.92 Å². The van der Waals surface area contributed by atoms with E-state index in [4.69, 9.17) is 20.2 Å². The highest BCUT2D eigenvalue weighted by Crippen LogP contribution is 2.39. The lowest BCUT2D eigenvalue weighted by Gasteiger charge is -2.46. The number of rotatable bonds is 1. The monoisotopic (exact) mass is 338 g/mol. The second-order valence-electron chi connectivity index (χ2n) is 7.96. The van der Waals surface area contributed by atoms with Gasteiger partial charge in [0.15, 0.2) is 5.96 Å². The number of hydrogen-bond acceptors (Lipinski definition) is 4. The minimum Gasteiger partial charge on any atom is -0.444 e. The van der Waals surface area contributed by atoms with Crippen LogP contribution in [0.25, 0.3) is 0 Å². The van der Waals surface area contributed by atoms with Crippen molar-refractivity contribution in [2.24, 2.45) is 16.6 Å². The van der Waals surface area contributed by atoms with Crippen molar-refractivity contribution in [3.05, 3.63) is 0 Å². The second kappa shape index (κ2) is 6.78. The van der Waals surface area contributed by atoms with Crippen molar-refractivity contribution >= 4 is 12.1 Å². The molecule has 0 unspecified atom stereocenters. The molecule has 0 bridgehead atoms. The molecule has 3 aliphatic rings. The third-order valence-corrected chi connectivity index (χ3v) is 5.01. The summed E-state index contributed by atoms with van der Waals surface area (Å²) < 4.78 is 11.1. The highest BCUT2D eigenvalue weighted by atomic mass is 16.6. The lowest BCUT2D eigenvalue weighted by atomic mass is 9.73. The molecule has 7 heteroatoms. The Labute approximate surface area is 144 Å². The van der Waals surface area contributed by atoms with Crippen molar-refractivity contribution < 1.29 is 14.3 Å². The number of nitrogens with zero attached hydrogens (tertiary/aromatic N) is 3. The van der Waals surface area contributed by atoms with Crippen LogP contribution in [0.5, 0.6) is 0 Å². The van der Waals surface area contributed by atoms with Gasteiger partial charge in [-0.05, 0) is 40.0 Å². The number of hydrogen-bond donors (Lipinski definition) is 1. The molecule has 0 radical (unpaired) electrons. The van der Waals surface area contributed by atoms with Gasteiger partial charge in [0.05, 0.1) is 12.1 Å². The molecule has 0 aromatic carbocycles. The molecule has 2 heterocycles. The van der Waals surface area contributed by atoms with Crippen LogP contribution in [-0.4, -0.2) is 72.4 Å². The van der Waals surface area contributed by atoms with Crippen LogP contribution in [0.3, 0.4) is 0 Å². The van der Waals surface area contributed by atoms with Crippen LogP contribution < -0.4 is 5.73 Å². The number of amides is 1. The van der Waals surface area contributed by atoms with Crippen LogP contribution in [0.15, 0.2) is 4.99 Å². The molecule has 7 nitrogen and oxygen atoms in total. The smallest absolute Gasteiger partial charge is 0.410 e. The first-order valence-corrected chi connectivity index (χ1v) is 9.01. The van der Waals surface area contributed by atoms with Gasteiger partial charge in [-0.3, -0.25) is 0 Å². The first kappa shape index (κ1) is 17.3. The summed E-state index contributed by atoms with van der Waals surface area (Å²) in [7, 11) is 0. The van der Waals surface area contributed by atoms with Gasteiger partial charge in [-0.1, -0.05) is 0 Å². The number of piperazine rings is 1. The highest BCUT2D eigenvalue weighted by Gasteiger charge is 2.43. The van der Waals surface area contributed by atoms with Gasteiger partial charge in [-0.2, -0.15) is 0 Å². The van der Waals surface area contributed by atoms with Crippen molar-refractivity contribution in [2.45, 2.75) is 57.8 Å². The number of fused-ring (bicyclic) bond motifs is 1. The van der Waals surface area contributed by atoms with Crippen LogP contribution in [0.1, 0.15) is 40.0 Å². The molecule has 1 amide bonds. The predicted octanol–water partition coefficient (Wildman–Crippen LogP) is 1.42. The number of guanidine groups is 1. The summed E-state index contributed by atoms with van der Waals surface area (Å²) in [6.07, 6.45) is 3.45. The summed E-state index contributed by atoms with van der Waals surface area (Å²) in [5.41, 5.74) is 5.74. The molecule has 0 aromatic rings. The molecule has 0 aromatic heterocycles. The fourth-order valence-electron chi connectivity index (χ4n) is 3.61. The van der Waals surface area contributed by atoms with Crippen LogP contribution >= 0.6 is 0 Å². The molecule has 2 aliphatic heterocycles. The van der Waals surface area contributed by atoms with Gasteiger partial charge in [0.25, 0.3) is 0 Å². The fraction of sp³-hybridized carbons (Fsp3) is 0.882. The highest BCUT2D eigenvalue weighted by molar-refractivity contribution is 5.79. The second-order valence-corrected chi connectivity index (χ2v) is 7.96. The van der Waals surface area contributed by atoms with Crippen molar-refractivity contribution in [3.63, 3.8) is 0 Å². The summed E-state index contributed by atoms with van der Waals surface area (Å²) in [6, 6.07) is 0.305. The molecule has 3 atom stereocenters. The molecule has 0 spiro atoms. The van der Waals surface area contributed by atoms with Gasteiger partial charge in [-0.15, -0.1) is 0 Å². The molecule has 1 aliphatic carbocycles. The lowest BCUT2D eigenvalue weighted by Crippen LogP contribution is -2.55. The maximum atomic E-state index is 12.1. The van der Waals surface area contributed by atoms with Crippen molar-refractivity contribution in [1.82, 2.24) is 9.80 Å². The van der Waals surface area contributed by atoms with E-state index in [1.807, 2.05) is 20.8 Å². The van der Waals surface area contributed by atoms with Crippen molar-refractivity contribution in [1.29, 1.82) is 0 Å². The SMILES string of the molecule is CC(C)(C)OC(=O)N1CCN(C(N)=N[C@@H]2C[C@H]3OCCC[C@@H]23)CC1. The van der Waals surface area contributed by atoms with E-state index in [0.29, 0.717) is 50.2 Å². The first-order chi connectivity index (χ1) is 11.3. The normalized spacial score (nSPS) is 31.3. The Bertz CT molecular complexity index is 495. The average Bonchev–Trinajstić information content (AvgIpc) is 2.51. The number of aliphatic imine (C=N–C) groups is 1. The molecule has 2 N–H and O–H groups in total. The standard InChI is InChI=1S/C17H30N4O3/c1-17(2,3)24-16(22)21-8-6-20(7-9-21)15(18)19-13-11-14-12(13)5-4-10-23-14/h12-14H,4-11H2,1-3H3,(H2,18,19)/t12-,13+,14+/m0/s1. The van der Waals surface area contributed by atoms with E-state index in [1.165, 1.54) is 6.42 Å². The molecule has 24 heavy (non-hydrogen) atoms. The lowest BCUT2D eigenvalue weighted by molar-refractivity contribution is -0.0940. The minimum absolute atomic E-state index is 0.251. The average molecular weight is 338 g/mol. The third kappa shape index (κ3) is 3.94. The summed E-state index contributed by atoms with van der Waals surface area (Å²) in [6.45, 7) is 9.17. The van der Waals surface area contributed by atoms with Crippen molar-refractivity contribution in [2.75, 3.05) is 32.8 Å². The minimum atomic E-state index is -0.461. The number of ether oxygens (including phenoxy) is 2. The van der Waals surface area contributed by atoms with Crippen LogP contribution in [-0.2, 0) is 9.47 Å². The van der Waals surface area contributed by atoms with Gasteiger partial charge in [0, 0.05) is 38.7 Å². The van der Waals surface area contributed by atoms with E-state index in [9.17, 15) is 4.79 Å². The van der Waals surface area contributed by atoms with Crippen LogP contribution in [0.2, 0.25) is 0 Å². The summed E-state index contributed by atoms with van der Waals surface area (Å²) in [4.78, 5) is 20.6. The Morgan fingerprint density at radius 2 is 1.88 bits per heavy atom. The Kier molecular flexibility index (Phi) is 4.90. The number of carbonyl (C=O) groups excluding carboxylic acids is 1. The van der Waals surface area contributed by atoms with Gasteiger partial charge in [0.1, 0.15) is 5.60 Å². The molecule has 3 rings (SSSR count). The maximum Gasteiger partial charge on any atom is 0.410 e. The zero-order valence-corrected chi connectivity index (χ0v) is 15.0. The summed E-state index contributed by atoms with van der Waals surface area (Å²) >= 11 is 0. The topological polar surface area (TPSA) is 80.4 Å². The quantitative estimate of drug-likeness (QED) is 0.578. The summed E-state index contributed by atoms with van der Waals surface area (Å²) in [5, 5.41) is 0. The molecule has 136 valence electrons. The van der Waals surface area contributed by atoms with E-state index < -0.39 is 5.60 Å². The van der Waals surface area contributed by atoms with E-state index >= 15 is 0 Å². The number of nitrogens with two attached hydrogens (primary N) is 1. The fourth-order valence-corrected chi connectivity index (χ4v) is 3.61.